The Morgan fingerprint density at radius 2 is 1.93 bits per heavy atom. The molecule has 3 aromatic rings. The Bertz CT molecular complexity index is 1050. The van der Waals surface area contributed by atoms with Gasteiger partial charge in [-0.25, -0.2) is 14.5 Å². The zero-order valence-electron chi connectivity index (χ0n) is 16.5. The number of carbonyl (C=O) groups is 1. The highest BCUT2D eigenvalue weighted by atomic mass is 16.2. The lowest BCUT2D eigenvalue weighted by atomic mass is 9.96. The second-order valence-electron chi connectivity index (χ2n) is 8.11. The molecule has 0 unspecified atom stereocenters. The Balaban J connectivity index is 1.23. The maximum Gasteiger partial charge on any atom is 0.346 e. The fourth-order valence-electron chi connectivity index (χ4n) is 4.52. The summed E-state index contributed by atoms with van der Waals surface area (Å²) in [6.45, 7) is 2.12. The third-order valence-corrected chi connectivity index (χ3v) is 6.21. The summed E-state index contributed by atoms with van der Waals surface area (Å²) in [5, 5.41) is 4.44. The van der Waals surface area contributed by atoms with E-state index in [0.29, 0.717) is 25.6 Å². The molecule has 0 saturated carbocycles. The first-order valence-electron chi connectivity index (χ1n) is 10.6. The van der Waals surface area contributed by atoms with Gasteiger partial charge >= 0.3 is 5.69 Å². The van der Waals surface area contributed by atoms with Crippen LogP contribution in [0.15, 0.2) is 29.1 Å². The van der Waals surface area contributed by atoms with E-state index in [-0.39, 0.29) is 18.1 Å². The van der Waals surface area contributed by atoms with Gasteiger partial charge in [0.2, 0.25) is 5.91 Å². The third kappa shape index (κ3) is 3.47. The van der Waals surface area contributed by atoms with Crippen molar-refractivity contribution in [3.8, 4) is 0 Å². The Morgan fingerprint density at radius 3 is 2.76 bits per heavy atom. The van der Waals surface area contributed by atoms with Gasteiger partial charge in [-0.05, 0) is 37.8 Å². The highest BCUT2D eigenvalue weighted by Crippen LogP contribution is 2.27. The molecule has 0 aliphatic carbocycles. The molecule has 5 rings (SSSR count). The predicted molar refractivity (Wildman–Crippen MR) is 109 cm³/mol. The number of H-pyrrole nitrogens is 1. The Labute approximate surface area is 168 Å². The van der Waals surface area contributed by atoms with Gasteiger partial charge in [0.25, 0.3) is 0 Å². The fraction of sp³-hybridized carbons (Fsp3) is 0.524. The minimum Gasteiger partial charge on any atom is -0.342 e. The summed E-state index contributed by atoms with van der Waals surface area (Å²) in [5.41, 5.74) is 1.90. The monoisotopic (exact) mass is 394 g/mol. The largest absolute Gasteiger partial charge is 0.346 e. The number of nitrogens with one attached hydrogen (secondary N) is 1. The summed E-state index contributed by atoms with van der Waals surface area (Å²) in [5.74, 6) is 2.14. The maximum atomic E-state index is 12.8. The number of hydrogen-bond acceptors (Lipinski definition) is 4. The van der Waals surface area contributed by atoms with Crippen LogP contribution in [0.25, 0.3) is 11.0 Å². The lowest BCUT2D eigenvalue weighted by Crippen LogP contribution is -2.41. The van der Waals surface area contributed by atoms with Crippen LogP contribution in [-0.4, -0.2) is 48.2 Å². The van der Waals surface area contributed by atoms with Crippen molar-refractivity contribution in [2.45, 2.75) is 57.5 Å². The fourth-order valence-corrected chi connectivity index (χ4v) is 4.52. The Kier molecular flexibility index (Phi) is 4.69. The van der Waals surface area contributed by atoms with E-state index < -0.39 is 0 Å². The Morgan fingerprint density at radius 1 is 1.10 bits per heavy atom. The van der Waals surface area contributed by atoms with Gasteiger partial charge in [0.15, 0.2) is 0 Å². The van der Waals surface area contributed by atoms with Crippen molar-refractivity contribution in [3.05, 3.63) is 46.4 Å². The molecule has 8 heteroatoms. The number of aromatic nitrogens is 5. The van der Waals surface area contributed by atoms with E-state index in [1.807, 2.05) is 29.2 Å². The summed E-state index contributed by atoms with van der Waals surface area (Å²) >= 11 is 0. The number of hydrogen-bond donors (Lipinski definition) is 1. The molecule has 1 fully saturated rings. The van der Waals surface area contributed by atoms with Gasteiger partial charge in [-0.2, -0.15) is 5.10 Å². The minimum atomic E-state index is -0.146. The van der Waals surface area contributed by atoms with Crippen LogP contribution in [0.5, 0.6) is 0 Å². The second kappa shape index (κ2) is 7.50. The zero-order valence-corrected chi connectivity index (χ0v) is 16.5. The number of nitrogens with zero attached hydrogens (tertiary/aromatic N) is 5. The van der Waals surface area contributed by atoms with Gasteiger partial charge in [-0.1, -0.05) is 18.6 Å². The van der Waals surface area contributed by atoms with Crippen molar-refractivity contribution >= 4 is 16.9 Å². The van der Waals surface area contributed by atoms with Crippen molar-refractivity contribution in [2.75, 3.05) is 13.1 Å². The van der Waals surface area contributed by atoms with E-state index in [9.17, 15) is 9.59 Å². The van der Waals surface area contributed by atoms with Crippen molar-refractivity contribution in [3.63, 3.8) is 0 Å². The number of benzene rings is 1. The number of fused-ring (bicyclic) bond motifs is 2. The molecular formula is C21H26N6O2. The number of imidazole rings is 1. The zero-order chi connectivity index (χ0) is 19.8. The van der Waals surface area contributed by atoms with Crippen LogP contribution < -0.4 is 5.69 Å². The first-order valence-corrected chi connectivity index (χ1v) is 10.6. The molecule has 152 valence electrons. The van der Waals surface area contributed by atoms with E-state index in [2.05, 4.69) is 10.1 Å². The number of para-hydroxylation sites is 2. The number of carbonyl (C=O) groups excluding carboxylic acids is 1. The van der Waals surface area contributed by atoms with Crippen LogP contribution in [0.3, 0.4) is 0 Å². The molecule has 1 N–H and O–H groups in total. The Hall–Kier alpha value is -2.90. The normalized spacial score (nSPS) is 18.0. The van der Waals surface area contributed by atoms with Crippen molar-refractivity contribution in [1.29, 1.82) is 0 Å². The van der Waals surface area contributed by atoms with Crippen molar-refractivity contribution in [1.82, 2.24) is 29.2 Å². The summed E-state index contributed by atoms with van der Waals surface area (Å²) in [4.78, 5) is 35.4. The SMILES string of the molecule is O=C(Cn1nc2n(c1=O)CCCCC2)N1CCC(c2nc3ccccc3[nH]2)CC1. The molecule has 8 nitrogen and oxygen atoms in total. The number of piperidine rings is 1. The molecule has 29 heavy (non-hydrogen) atoms. The first-order chi connectivity index (χ1) is 14.2. The van der Waals surface area contributed by atoms with Crippen LogP contribution in [0.1, 0.15) is 49.7 Å². The molecule has 2 aliphatic heterocycles. The van der Waals surface area contributed by atoms with Gasteiger partial charge in [-0.3, -0.25) is 9.36 Å². The molecule has 2 aliphatic rings. The highest BCUT2D eigenvalue weighted by molar-refractivity contribution is 5.76. The third-order valence-electron chi connectivity index (χ3n) is 6.21. The first kappa shape index (κ1) is 18.1. The average Bonchev–Trinajstić information content (AvgIpc) is 3.21. The van der Waals surface area contributed by atoms with E-state index in [1.54, 1.807) is 4.57 Å². The molecule has 1 saturated heterocycles. The van der Waals surface area contributed by atoms with Gasteiger partial charge in [-0.15, -0.1) is 0 Å². The molecule has 0 bridgehead atoms. The van der Waals surface area contributed by atoms with Crippen LogP contribution in [-0.2, 0) is 24.3 Å². The number of aromatic amines is 1. The second-order valence-corrected chi connectivity index (χ2v) is 8.11. The van der Waals surface area contributed by atoms with E-state index in [1.165, 1.54) is 4.68 Å². The maximum absolute atomic E-state index is 12.8. The van der Waals surface area contributed by atoms with Crippen LogP contribution >= 0.6 is 0 Å². The van der Waals surface area contributed by atoms with E-state index >= 15 is 0 Å². The highest BCUT2D eigenvalue weighted by Gasteiger charge is 2.27. The number of amides is 1. The van der Waals surface area contributed by atoms with Gasteiger partial charge < -0.3 is 9.88 Å². The topological polar surface area (TPSA) is 88.8 Å². The molecule has 0 atom stereocenters. The summed E-state index contributed by atoms with van der Waals surface area (Å²) < 4.78 is 3.10. The van der Waals surface area contributed by atoms with E-state index in [4.69, 9.17) is 4.98 Å². The molecule has 4 heterocycles. The molecule has 0 spiro atoms. The molecule has 1 aromatic carbocycles. The lowest BCUT2D eigenvalue weighted by Gasteiger charge is -2.31. The van der Waals surface area contributed by atoms with Crippen LogP contribution in [0.2, 0.25) is 0 Å². The molecule has 1 amide bonds. The smallest absolute Gasteiger partial charge is 0.342 e. The molecule has 0 radical (unpaired) electrons. The summed E-state index contributed by atoms with van der Waals surface area (Å²) in [6, 6.07) is 8.04. The van der Waals surface area contributed by atoms with Crippen LogP contribution in [0, 0.1) is 0 Å². The number of likely N-dealkylation sites (tertiary alicyclic amines) is 1. The van der Waals surface area contributed by atoms with Gasteiger partial charge in [0.05, 0.1) is 11.0 Å². The van der Waals surface area contributed by atoms with E-state index in [0.717, 1.165) is 61.2 Å². The minimum absolute atomic E-state index is 0.0246. The quantitative estimate of drug-likeness (QED) is 0.736. The summed E-state index contributed by atoms with van der Waals surface area (Å²) in [7, 11) is 0. The molecule has 2 aromatic heterocycles. The number of rotatable bonds is 3. The van der Waals surface area contributed by atoms with Crippen molar-refractivity contribution in [2.24, 2.45) is 0 Å². The number of aryl methyl sites for hydroxylation is 1. The van der Waals surface area contributed by atoms with Crippen LogP contribution in [0.4, 0.5) is 0 Å². The standard InChI is InChI=1S/C21H26N6O2/c28-19(14-27-21(29)26-11-5-1-2-8-18(26)24-27)25-12-9-15(10-13-25)20-22-16-6-3-4-7-17(16)23-20/h3-4,6-7,15H,1-2,5,8-14H2,(H,22,23). The molecular weight excluding hydrogens is 368 g/mol. The summed E-state index contributed by atoms with van der Waals surface area (Å²) in [6.07, 6.45) is 5.75. The predicted octanol–water partition coefficient (Wildman–Crippen LogP) is 2.05. The lowest BCUT2D eigenvalue weighted by molar-refractivity contribution is -0.133. The van der Waals surface area contributed by atoms with Gasteiger partial charge in [0, 0.05) is 32.0 Å². The van der Waals surface area contributed by atoms with Crippen molar-refractivity contribution < 1.29 is 4.79 Å². The van der Waals surface area contributed by atoms with Gasteiger partial charge in [0.1, 0.15) is 18.2 Å². The average molecular weight is 394 g/mol.